The number of hydrogen-bond donors (Lipinski definition) is 1. The summed E-state index contributed by atoms with van der Waals surface area (Å²) in [6, 6.07) is 22.1. The van der Waals surface area contributed by atoms with Crippen LogP contribution in [0.15, 0.2) is 77.7 Å². The quantitative estimate of drug-likeness (QED) is 0.632. The van der Waals surface area contributed by atoms with Crippen molar-refractivity contribution in [1.82, 2.24) is 14.8 Å². The number of piperidine rings is 1. The third kappa shape index (κ3) is 4.65. The third-order valence-corrected chi connectivity index (χ3v) is 7.50. The number of hydrogen-bond acceptors (Lipinski definition) is 3. The van der Waals surface area contributed by atoms with E-state index in [1.807, 2.05) is 17.0 Å². The second-order valence-corrected chi connectivity index (χ2v) is 9.63. The van der Waals surface area contributed by atoms with Gasteiger partial charge in [-0.1, -0.05) is 54.6 Å². The van der Waals surface area contributed by atoms with Gasteiger partial charge in [0.1, 0.15) is 5.56 Å². The molecule has 2 atom stereocenters. The Morgan fingerprint density at radius 2 is 1.51 bits per heavy atom. The first-order chi connectivity index (χ1) is 17.0. The summed E-state index contributed by atoms with van der Waals surface area (Å²) in [6.45, 7) is 1.22. The zero-order chi connectivity index (χ0) is 24.4. The van der Waals surface area contributed by atoms with Crippen LogP contribution >= 0.6 is 0 Å². The van der Waals surface area contributed by atoms with Crippen LogP contribution < -0.4 is 10.9 Å². The number of fused-ring (bicyclic) bond motifs is 1. The topological polar surface area (TPSA) is 71.4 Å². The minimum atomic E-state index is -0.343. The molecule has 1 fully saturated rings. The fraction of sp³-hybridized carbons (Fsp3) is 0.345. The summed E-state index contributed by atoms with van der Waals surface area (Å²) in [7, 11) is 1.63. The van der Waals surface area contributed by atoms with Gasteiger partial charge in [0.25, 0.3) is 11.5 Å². The van der Waals surface area contributed by atoms with Gasteiger partial charge in [0.05, 0.1) is 5.92 Å². The van der Waals surface area contributed by atoms with Crippen LogP contribution in [-0.2, 0) is 11.8 Å². The van der Waals surface area contributed by atoms with Crippen molar-refractivity contribution in [2.45, 2.75) is 43.6 Å². The molecule has 1 aliphatic heterocycles. The van der Waals surface area contributed by atoms with Gasteiger partial charge in [-0.2, -0.15) is 0 Å². The molecule has 5 rings (SSSR count). The number of carbonyl (C=O) groups excluding carboxylic acids is 2. The Kier molecular flexibility index (Phi) is 6.53. The maximum absolute atomic E-state index is 13.6. The van der Waals surface area contributed by atoms with E-state index in [0.29, 0.717) is 31.8 Å². The minimum absolute atomic E-state index is 0.0439. The van der Waals surface area contributed by atoms with Crippen LogP contribution in [0.5, 0.6) is 0 Å². The van der Waals surface area contributed by atoms with Crippen molar-refractivity contribution < 1.29 is 9.59 Å². The van der Waals surface area contributed by atoms with E-state index in [2.05, 4.69) is 47.8 Å². The zero-order valence-electron chi connectivity index (χ0n) is 20.0. The molecule has 3 aromatic rings. The molecule has 2 amide bonds. The van der Waals surface area contributed by atoms with Crippen LogP contribution in [0.2, 0.25) is 0 Å². The van der Waals surface area contributed by atoms with Crippen molar-refractivity contribution in [3.05, 3.63) is 106 Å². The molecule has 2 heterocycles. The highest BCUT2D eigenvalue weighted by Crippen LogP contribution is 2.43. The first kappa shape index (κ1) is 23.1. The number of benzene rings is 2. The highest BCUT2D eigenvalue weighted by molar-refractivity contribution is 5.94. The van der Waals surface area contributed by atoms with Crippen molar-refractivity contribution in [2.75, 3.05) is 13.1 Å². The molecule has 1 aliphatic carbocycles. The molecule has 0 unspecified atom stereocenters. The fourth-order valence-electron chi connectivity index (χ4n) is 5.58. The Labute approximate surface area is 205 Å². The molecular formula is C29H31N3O3. The SMILES string of the molecule is Cn1cccc(C(=O)NC2CCN(C(=O)[C@H]3CC[C@@H](c4ccccc4)c4ccccc43)CC2)c1=O. The molecule has 0 saturated carbocycles. The van der Waals surface area contributed by atoms with Gasteiger partial charge in [0.15, 0.2) is 0 Å². The molecule has 6 nitrogen and oxygen atoms in total. The van der Waals surface area contributed by atoms with E-state index >= 15 is 0 Å². The van der Waals surface area contributed by atoms with Gasteiger partial charge < -0.3 is 14.8 Å². The summed E-state index contributed by atoms with van der Waals surface area (Å²) in [5.74, 6) is 0.0440. The van der Waals surface area contributed by atoms with Crippen LogP contribution in [0.1, 0.15) is 64.6 Å². The van der Waals surface area contributed by atoms with Gasteiger partial charge >= 0.3 is 0 Å². The number of aromatic nitrogens is 1. The molecule has 180 valence electrons. The average Bonchev–Trinajstić information content (AvgIpc) is 2.90. The fourth-order valence-corrected chi connectivity index (χ4v) is 5.58. The Bertz CT molecular complexity index is 1280. The molecule has 35 heavy (non-hydrogen) atoms. The largest absolute Gasteiger partial charge is 0.349 e. The Morgan fingerprint density at radius 1 is 0.829 bits per heavy atom. The van der Waals surface area contributed by atoms with Crippen molar-refractivity contribution >= 4 is 11.8 Å². The predicted octanol–water partition coefficient (Wildman–Crippen LogP) is 3.82. The number of nitrogens with one attached hydrogen (secondary N) is 1. The van der Waals surface area contributed by atoms with Crippen LogP contribution in [-0.4, -0.2) is 40.4 Å². The summed E-state index contributed by atoms with van der Waals surface area (Å²) < 4.78 is 1.40. The lowest BCUT2D eigenvalue weighted by Gasteiger charge is -2.37. The molecule has 0 spiro atoms. The number of pyridine rings is 1. The maximum atomic E-state index is 13.6. The first-order valence-corrected chi connectivity index (χ1v) is 12.4. The lowest BCUT2D eigenvalue weighted by molar-refractivity contribution is -0.134. The van der Waals surface area contributed by atoms with Gasteiger partial charge in [0, 0.05) is 38.3 Å². The van der Waals surface area contributed by atoms with Crippen LogP contribution in [0, 0.1) is 0 Å². The van der Waals surface area contributed by atoms with E-state index in [9.17, 15) is 14.4 Å². The minimum Gasteiger partial charge on any atom is -0.349 e. The predicted molar refractivity (Wildman–Crippen MR) is 135 cm³/mol. The van der Waals surface area contributed by atoms with E-state index in [1.54, 1.807) is 25.4 Å². The first-order valence-electron chi connectivity index (χ1n) is 12.4. The summed E-state index contributed by atoms with van der Waals surface area (Å²) in [5, 5.41) is 2.99. The molecular weight excluding hydrogens is 438 g/mol. The number of amides is 2. The van der Waals surface area contributed by atoms with E-state index in [0.717, 1.165) is 18.4 Å². The lowest BCUT2D eigenvalue weighted by Crippen LogP contribution is -2.48. The summed E-state index contributed by atoms with van der Waals surface area (Å²) in [4.78, 5) is 40.4. The van der Waals surface area contributed by atoms with Gasteiger partial charge in [-0.15, -0.1) is 0 Å². The molecule has 0 bridgehead atoms. The monoisotopic (exact) mass is 469 g/mol. The van der Waals surface area contributed by atoms with Crippen LogP contribution in [0.4, 0.5) is 0 Å². The number of rotatable bonds is 4. The average molecular weight is 470 g/mol. The third-order valence-electron chi connectivity index (χ3n) is 7.50. The second kappa shape index (κ2) is 9.90. The standard InChI is InChI=1S/C29H31N3O3/c1-31-17-7-12-26(28(31)34)27(33)30-21-15-18-32(19-16-21)29(35)25-14-13-22(20-8-3-2-4-9-20)23-10-5-6-11-24(23)25/h2-12,17,21-22,25H,13-16,18-19H2,1H3,(H,30,33)/t22-,25-/m0/s1. The Hall–Kier alpha value is -3.67. The molecule has 1 saturated heterocycles. The molecule has 0 radical (unpaired) electrons. The molecule has 6 heteroatoms. The van der Waals surface area contributed by atoms with Crippen LogP contribution in [0.25, 0.3) is 0 Å². The van der Waals surface area contributed by atoms with E-state index < -0.39 is 0 Å². The Morgan fingerprint density at radius 3 is 2.26 bits per heavy atom. The van der Waals surface area contributed by atoms with Gasteiger partial charge in [-0.05, 0) is 54.5 Å². The Balaban J connectivity index is 1.24. The number of nitrogens with zero attached hydrogens (tertiary/aromatic N) is 2. The maximum Gasteiger partial charge on any atom is 0.263 e. The number of carbonyl (C=O) groups is 2. The van der Waals surface area contributed by atoms with Crippen molar-refractivity contribution in [1.29, 1.82) is 0 Å². The smallest absolute Gasteiger partial charge is 0.263 e. The van der Waals surface area contributed by atoms with Gasteiger partial charge in [-0.3, -0.25) is 14.4 Å². The molecule has 2 aromatic carbocycles. The van der Waals surface area contributed by atoms with E-state index in [4.69, 9.17) is 0 Å². The van der Waals surface area contributed by atoms with Crippen molar-refractivity contribution in [2.24, 2.45) is 7.05 Å². The van der Waals surface area contributed by atoms with Crippen LogP contribution in [0.3, 0.4) is 0 Å². The highest BCUT2D eigenvalue weighted by Gasteiger charge is 2.35. The number of likely N-dealkylation sites (tertiary alicyclic amines) is 1. The normalized spacial score (nSPS) is 20.2. The van der Waals surface area contributed by atoms with E-state index in [-0.39, 0.29) is 34.9 Å². The summed E-state index contributed by atoms with van der Waals surface area (Å²) in [6.07, 6.45) is 4.80. The summed E-state index contributed by atoms with van der Waals surface area (Å²) in [5.41, 5.74) is 3.56. The molecule has 1 aromatic heterocycles. The molecule has 1 N–H and O–H groups in total. The zero-order valence-corrected chi connectivity index (χ0v) is 20.0. The van der Waals surface area contributed by atoms with Gasteiger partial charge in [-0.25, -0.2) is 0 Å². The highest BCUT2D eigenvalue weighted by atomic mass is 16.2. The van der Waals surface area contributed by atoms with Crippen molar-refractivity contribution in [3.8, 4) is 0 Å². The summed E-state index contributed by atoms with van der Waals surface area (Å²) >= 11 is 0. The second-order valence-electron chi connectivity index (χ2n) is 9.63. The van der Waals surface area contributed by atoms with E-state index in [1.165, 1.54) is 15.7 Å². The van der Waals surface area contributed by atoms with Crippen molar-refractivity contribution in [3.63, 3.8) is 0 Å². The van der Waals surface area contributed by atoms with Gasteiger partial charge in [0.2, 0.25) is 5.91 Å². The lowest BCUT2D eigenvalue weighted by atomic mass is 9.73. The number of aryl methyl sites for hydroxylation is 1. The molecule has 2 aliphatic rings.